The molecule has 1 aliphatic rings. The molecule has 1 aliphatic heterocycles. The van der Waals surface area contributed by atoms with E-state index in [1.165, 1.54) is 6.20 Å². The standard InChI is InChI=1S/C18H19F3N4O/c1-2-24-7-9-25(10-8-24)15-6-3-12(11-22-15)23-18(26)13-4-5-14(19)17(21)16(13)20/h3-6,11H,2,7-10H2,1H3,(H,23,26). The number of carbonyl (C=O) groups excluding carboxylic acids is 1. The van der Waals surface area contributed by atoms with Gasteiger partial charge >= 0.3 is 0 Å². The normalized spacial score (nSPS) is 15.2. The fraction of sp³-hybridized carbons (Fsp3) is 0.333. The van der Waals surface area contributed by atoms with Crippen LogP contribution in [0.4, 0.5) is 24.7 Å². The summed E-state index contributed by atoms with van der Waals surface area (Å²) in [7, 11) is 0. The lowest BCUT2D eigenvalue weighted by Gasteiger charge is -2.34. The van der Waals surface area contributed by atoms with Gasteiger partial charge in [0, 0.05) is 26.2 Å². The Morgan fingerprint density at radius 1 is 1.08 bits per heavy atom. The number of likely N-dealkylation sites (N-methyl/N-ethyl adjacent to an activating group) is 1. The van der Waals surface area contributed by atoms with Gasteiger partial charge in [-0.15, -0.1) is 0 Å². The predicted molar refractivity (Wildman–Crippen MR) is 92.8 cm³/mol. The van der Waals surface area contributed by atoms with Crippen molar-refractivity contribution in [2.75, 3.05) is 42.9 Å². The van der Waals surface area contributed by atoms with Crippen LogP contribution in [-0.2, 0) is 0 Å². The number of anilines is 2. The quantitative estimate of drug-likeness (QED) is 0.848. The van der Waals surface area contributed by atoms with Crippen molar-refractivity contribution in [2.24, 2.45) is 0 Å². The first-order valence-electron chi connectivity index (χ1n) is 8.37. The Morgan fingerprint density at radius 2 is 1.81 bits per heavy atom. The Morgan fingerprint density at radius 3 is 2.42 bits per heavy atom. The number of piperazine rings is 1. The molecule has 0 unspecified atom stereocenters. The molecule has 1 aromatic carbocycles. The molecule has 0 saturated carbocycles. The minimum absolute atomic E-state index is 0.343. The highest BCUT2D eigenvalue weighted by Crippen LogP contribution is 2.19. The maximum Gasteiger partial charge on any atom is 0.258 e. The monoisotopic (exact) mass is 364 g/mol. The first-order valence-corrected chi connectivity index (χ1v) is 8.37. The molecule has 2 heterocycles. The van der Waals surface area contributed by atoms with E-state index in [2.05, 4.69) is 27.0 Å². The average molecular weight is 364 g/mol. The molecule has 0 radical (unpaired) electrons. The van der Waals surface area contributed by atoms with Gasteiger partial charge in [-0.3, -0.25) is 4.79 Å². The number of nitrogens with one attached hydrogen (secondary N) is 1. The lowest BCUT2D eigenvalue weighted by atomic mass is 10.2. The zero-order valence-electron chi connectivity index (χ0n) is 14.3. The third kappa shape index (κ3) is 3.80. The third-order valence-corrected chi connectivity index (χ3v) is 4.43. The van der Waals surface area contributed by atoms with Crippen molar-refractivity contribution >= 4 is 17.4 Å². The van der Waals surface area contributed by atoms with E-state index >= 15 is 0 Å². The Bertz CT molecular complexity index is 790. The third-order valence-electron chi connectivity index (χ3n) is 4.43. The average Bonchev–Trinajstić information content (AvgIpc) is 2.67. The summed E-state index contributed by atoms with van der Waals surface area (Å²) in [5.74, 6) is -4.60. The summed E-state index contributed by atoms with van der Waals surface area (Å²) >= 11 is 0. The highest BCUT2D eigenvalue weighted by Gasteiger charge is 2.20. The van der Waals surface area contributed by atoms with Gasteiger partial charge < -0.3 is 15.1 Å². The predicted octanol–water partition coefficient (Wildman–Crippen LogP) is 2.89. The van der Waals surface area contributed by atoms with E-state index in [1.54, 1.807) is 12.1 Å². The first-order chi connectivity index (χ1) is 12.5. The van der Waals surface area contributed by atoms with Crippen molar-refractivity contribution in [1.29, 1.82) is 0 Å². The minimum Gasteiger partial charge on any atom is -0.354 e. The molecular weight excluding hydrogens is 345 g/mol. The molecule has 0 atom stereocenters. The molecule has 1 saturated heterocycles. The summed E-state index contributed by atoms with van der Waals surface area (Å²) in [6.07, 6.45) is 1.46. The lowest BCUT2D eigenvalue weighted by molar-refractivity contribution is 0.102. The number of amides is 1. The molecule has 138 valence electrons. The van der Waals surface area contributed by atoms with Gasteiger partial charge in [0.1, 0.15) is 5.82 Å². The molecule has 3 rings (SSSR count). The first kappa shape index (κ1) is 18.2. The highest BCUT2D eigenvalue weighted by atomic mass is 19.2. The Labute approximate surface area is 149 Å². The molecule has 1 fully saturated rings. The van der Waals surface area contributed by atoms with Crippen molar-refractivity contribution in [3.8, 4) is 0 Å². The number of aromatic nitrogens is 1. The summed E-state index contributed by atoms with van der Waals surface area (Å²) in [6, 6.07) is 5.02. The number of pyridine rings is 1. The van der Waals surface area contributed by atoms with Gasteiger partial charge in [0.2, 0.25) is 0 Å². The van der Waals surface area contributed by atoms with Crippen molar-refractivity contribution in [2.45, 2.75) is 6.92 Å². The topological polar surface area (TPSA) is 48.5 Å². The van der Waals surface area contributed by atoms with E-state index in [4.69, 9.17) is 0 Å². The van der Waals surface area contributed by atoms with Gasteiger partial charge in [0.15, 0.2) is 17.5 Å². The van der Waals surface area contributed by atoms with Gasteiger partial charge in [0.05, 0.1) is 17.4 Å². The van der Waals surface area contributed by atoms with Crippen LogP contribution in [0, 0.1) is 17.5 Å². The van der Waals surface area contributed by atoms with E-state index in [0.29, 0.717) is 11.8 Å². The van der Waals surface area contributed by atoms with Crippen molar-refractivity contribution < 1.29 is 18.0 Å². The number of carbonyl (C=O) groups is 1. The van der Waals surface area contributed by atoms with Gasteiger partial charge in [-0.1, -0.05) is 6.92 Å². The lowest BCUT2D eigenvalue weighted by Crippen LogP contribution is -2.46. The fourth-order valence-corrected chi connectivity index (χ4v) is 2.84. The Balaban J connectivity index is 1.66. The van der Waals surface area contributed by atoms with E-state index in [0.717, 1.165) is 44.6 Å². The molecule has 8 heteroatoms. The second-order valence-corrected chi connectivity index (χ2v) is 6.00. The smallest absolute Gasteiger partial charge is 0.258 e. The van der Waals surface area contributed by atoms with Crippen LogP contribution in [0.25, 0.3) is 0 Å². The van der Waals surface area contributed by atoms with Crippen LogP contribution < -0.4 is 10.2 Å². The summed E-state index contributed by atoms with van der Waals surface area (Å²) in [5.41, 5.74) is -0.223. The van der Waals surface area contributed by atoms with Gasteiger partial charge in [-0.2, -0.15) is 0 Å². The molecule has 1 aromatic heterocycles. The van der Waals surface area contributed by atoms with Crippen molar-refractivity contribution in [3.63, 3.8) is 0 Å². The van der Waals surface area contributed by atoms with Crippen LogP contribution in [-0.4, -0.2) is 48.5 Å². The summed E-state index contributed by atoms with van der Waals surface area (Å²) in [6.45, 7) is 6.81. The van der Waals surface area contributed by atoms with Crippen molar-refractivity contribution in [1.82, 2.24) is 9.88 Å². The number of nitrogens with zero attached hydrogens (tertiary/aromatic N) is 3. The molecule has 1 N–H and O–H groups in total. The number of hydrogen-bond donors (Lipinski definition) is 1. The van der Waals surface area contributed by atoms with E-state index < -0.39 is 28.9 Å². The van der Waals surface area contributed by atoms with Crippen LogP contribution in [0.3, 0.4) is 0 Å². The Kier molecular flexibility index (Phi) is 5.41. The largest absolute Gasteiger partial charge is 0.354 e. The van der Waals surface area contributed by atoms with Crippen LogP contribution >= 0.6 is 0 Å². The van der Waals surface area contributed by atoms with E-state index in [1.807, 2.05) is 0 Å². The maximum atomic E-state index is 13.7. The second kappa shape index (κ2) is 7.74. The zero-order chi connectivity index (χ0) is 18.7. The van der Waals surface area contributed by atoms with Gasteiger partial charge in [-0.25, -0.2) is 18.2 Å². The fourth-order valence-electron chi connectivity index (χ4n) is 2.84. The zero-order valence-corrected chi connectivity index (χ0v) is 14.3. The van der Waals surface area contributed by atoms with Crippen LogP contribution in [0.5, 0.6) is 0 Å². The molecule has 26 heavy (non-hydrogen) atoms. The Hall–Kier alpha value is -2.61. The summed E-state index contributed by atoms with van der Waals surface area (Å²) < 4.78 is 39.9. The van der Waals surface area contributed by atoms with Crippen LogP contribution in [0.15, 0.2) is 30.5 Å². The van der Waals surface area contributed by atoms with Gasteiger partial charge in [-0.05, 0) is 30.8 Å². The number of hydrogen-bond acceptors (Lipinski definition) is 4. The van der Waals surface area contributed by atoms with E-state index in [-0.39, 0.29) is 0 Å². The maximum absolute atomic E-state index is 13.7. The molecule has 0 spiro atoms. The van der Waals surface area contributed by atoms with Crippen molar-refractivity contribution in [3.05, 3.63) is 53.5 Å². The van der Waals surface area contributed by atoms with Crippen LogP contribution in [0.2, 0.25) is 0 Å². The second-order valence-electron chi connectivity index (χ2n) is 6.00. The molecule has 0 bridgehead atoms. The number of benzene rings is 1. The molecular formula is C18H19F3N4O. The summed E-state index contributed by atoms with van der Waals surface area (Å²) in [4.78, 5) is 20.9. The molecule has 1 amide bonds. The molecule has 2 aromatic rings. The van der Waals surface area contributed by atoms with E-state index in [9.17, 15) is 18.0 Å². The number of halogens is 3. The summed E-state index contributed by atoms with van der Waals surface area (Å²) in [5, 5.41) is 2.43. The highest BCUT2D eigenvalue weighted by molar-refractivity contribution is 6.04. The molecule has 5 nitrogen and oxygen atoms in total. The molecule has 0 aliphatic carbocycles. The number of rotatable bonds is 4. The minimum atomic E-state index is -1.67. The SMILES string of the molecule is CCN1CCN(c2ccc(NC(=O)c3ccc(F)c(F)c3F)cn2)CC1. The van der Waals surface area contributed by atoms with Crippen LogP contribution in [0.1, 0.15) is 17.3 Å². The van der Waals surface area contributed by atoms with Gasteiger partial charge in [0.25, 0.3) is 5.91 Å².